The van der Waals surface area contributed by atoms with Crippen LogP contribution in [-0.2, 0) is 6.18 Å². The second-order valence-electron chi connectivity index (χ2n) is 6.56. The third-order valence-corrected chi connectivity index (χ3v) is 4.78. The summed E-state index contributed by atoms with van der Waals surface area (Å²) < 4.78 is 62.8. The molecule has 1 aliphatic rings. The van der Waals surface area contributed by atoms with Gasteiger partial charge < -0.3 is 18.7 Å². The maximum Gasteiger partial charge on any atom is 0.417 e. The molecule has 0 N–H and O–H groups in total. The molecule has 0 radical (unpaired) electrons. The Morgan fingerprint density at radius 2 is 1.67 bits per heavy atom. The molecule has 152 valence electrons. The van der Waals surface area contributed by atoms with E-state index in [1.807, 2.05) is 0 Å². The van der Waals surface area contributed by atoms with Crippen molar-refractivity contribution in [3.63, 3.8) is 0 Å². The lowest BCUT2D eigenvalue weighted by molar-refractivity contribution is -0.136. The highest BCUT2D eigenvalue weighted by atomic mass is 19.4. The SMILES string of the molecule is COc1ccc(-c2cc(C(F)(F)F)c3c(-c4ccc5c(c4)OCO5)noc3n2)cc1. The first-order chi connectivity index (χ1) is 14.4. The molecule has 30 heavy (non-hydrogen) atoms. The predicted molar refractivity (Wildman–Crippen MR) is 100 cm³/mol. The molecule has 2 aromatic heterocycles. The van der Waals surface area contributed by atoms with Crippen LogP contribution in [0, 0.1) is 0 Å². The van der Waals surface area contributed by atoms with Crippen molar-refractivity contribution in [3.8, 4) is 39.8 Å². The number of rotatable bonds is 3. The van der Waals surface area contributed by atoms with Crippen LogP contribution in [0.5, 0.6) is 17.2 Å². The van der Waals surface area contributed by atoms with Crippen molar-refractivity contribution < 1.29 is 31.9 Å². The first kappa shape index (κ1) is 18.3. The summed E-state index contributed by atoms with van der Waals surface area (Å²) in [5.74, 6) is 1.53. The van der Waals surface area contributed by atoms with Gasteiger partial charge >= 0.3 is 6.18 Å². The van der Waals surface area contributed by atoms with Crippen LogP contribution in [0.1, 0.15) is 5.56 Å². The molecule has 0 aliphatic carbocycles. The molecule has 0 fully saturated rings. The first-order valence-corrected chi connectivity index (χ1v) is 8.86. The fourth-order valence-corrected chi connectivity index (χ4v) is 3.33. The molecule has 0 amide bonds. The van der Waals surface area contributed by atoms with Crippen LogP contribution in [0.25, 0.3) is 33.6 Å². The smallest absolute Gasteiger partial charge is 0.417 e. The molecule has 0 spiro atoms. The van der Waals surface area contributed by atoms with Crippen molar-refractivity contribution in [2.75, 3.05) is 13.9 Å². The Bertz CT molecular complexity index is 1250. The molecular formula is C21H13F3N2O4. The standard InChI is InChI=1S/C21H13F3N2O4/c1-27-13-5-2-11(3-6-13)15-9-14(21(22,23)24)18-19(26-30-20(18)25-15)12-4-7-16-17(8-12)29-10-28-16/h2-9H,10H2,1H3. The van der Waals surface area contributed by atoms with E-state index in [1.54, 1.807) is 42.5 Å². The number of alkyl halides is 3. The predicted octanol–water partition coefficient (Wildman–Crippen LogP) is 5.31. The molecule has 0 atom stereocenters. The van der Waals surface area contributed by atoms with Gasteiger partial charge in [0, 0.05) is 11.1 Å². The van der Waals surface area contributed by atoms with E-state index in [-0.39, 0.29) is 29.3 Å². The number of methoxy groups -OCH3 is 1. The zero-order valence-electron chi connectivity index (χ0n) is 15.5. The minimum Gasteiger partial charge on any atom is -0.497 e. The van der Waals surface area contributed by atoms with Crippen LogP contribution in [0.3, 0.4) is 0 Å². The summed E-state index contributed by atoms with van der Waals surface area (Å²) in [5, 5.41) is 3.66. The van der Waals surface area contributed by atoms with Gasteiger partial charge in [-0.1, -0.05) is 5.16 Å². The van der Waals surface area contributed by atoms with E-state index in [0.29, 0.717) is 28.4 Å². The van der Waals surface area contributed by atoms with Gasteiger partial charge in [0.2, 0.25) is 6.79 Å². The number of hydrogen-bond donors (Lipinski definition) is 0. The molecular weight excluding hydrogens is 401 g/mol. The lowest BCUT2D eigenvalue weighted by atomic mass is 10.0. The Hall–Kier alpha value is -3.75. The summed E-state index contributed by atoms with van der Waals surface area (Å²) in [6, 6.07) is 12.3. The third-order valence-electron chi connectivity index (χ3n) is 4.78. The minimum absolute atomic E-state index is 0.0319. The topological polar surface area (TPSA) is 66.6 Å². The van der Waals surface area contributed by atoms with E-state index >= 15 is 0 Å². The molecule has 3 heterocycles. The monoisotopic (exact) mass is 414 g/mol. The molecule has 0 saturated heterocycles. The van der Waals surface area contributed by atoms with Gasteiger partial charge in [0.05, 0.1) is 23.8 Å². The van der Waals surface area contributed by atoms with E-state index in [4.69, 9.17) is 18.7 Å². The maximum absolute atomic E-state index is 14.0. The summed E-state index contributed by atoms with van der Waals surface area (Å²) in [5.41, 5.74) is -0.0439. The van der Waals surface area contributed by atoms with Gasteiger partial charge in [-0.2, -0.15) is 13.2 Å². The summed E-state index contributed by atoms with van der Waals surface area (Å²) in [4.78, 5) is 4.27. The Morgan fingerprint density at radius 3 is 2.40 bits per heavy atom. The molecule has 0 unspecified atom stereocenters. The Balaban J connectivity index is 1.70. The van der Waals surface area contributed by atoms with Crippen molar-refractivity contribution in [2.45, 2.75) is 6.18 Å². The maximum atomic E-state index is 14.0. The van der Waals surface area contributed by atoms with Crippen LogP contribution >= 0.6 is 0 Å². The second-order valence-corrected chi connectivity index (χ2v) is 6.56. The minimum atomic E-state index is -4.64. The van der Waals surface area contributed by atoms with Crippen molar-refractivity contribution in [3.05, 3.63) is 54.1 Å². The van der Waals surface area contributed by atoms with Gasteiger partial charge in [-0.25, -0.2) is 4.98 Å². The Kier molecular flexibility index (Phi) is 4.05. The number of hydrogen-bond acceptors (Lipinski definition) is 6. The van der Waals surface area contributed by atoms with Gasteiger partial charge in [0.25, 0.3) is 5.71 Å². The molecule has 2 aromatic carbocycles. The molecule has 0 bridgehead atoms. The van der Waals surface area contributed by atoms with E-state index in [1.165, 1.54) is 7.11 Å². The number of ether oxygens (including phenoxy) is 3. The van der Waals surface area contributed by atoms with Crippen molar-refractivity contribution in [1.29, 1.82) is 0 Å². The van der Waals surface area contributed by atoms with Gasteiger partial charge in [-0.15, -0.1) is 0 Å². The zero-order valence-corrected chi connectivity index (χ0v) is 15.5. The lowest BCUT2D eigenvalue weighted by Gasteiger charge is -2.11. The van der Waals surface area contributed by atoms with Crippen LogP contribution in [-0.4, -0.2) is 24.0 Å². The number of benzene rings is 2. The van der Waals surface area contributed by atoms with Crippen LogP contribution in [0.4, 0.5) is 13.2 Å². The van der Waals surface area contributed by atoms with Crippen molar-refractivity contribution in [1.82, 2.24) is 10.1 Å². The van der Waals surface area contributed by atoms with Crippen LogP contribution in [0.2, 0.25) is 0 Å². The molecule has 1 aliphatic heterocycles. The lowest BCUT2D eigenvalue weighted by Crippen LogP contribution is -2.07. The van der Waals surface area contributed by atoms with E-state index in [2.05, 4.69) is 10.1 Å². The number of nitrogens with zero attached hydrogens (tertiary/aromatic N) is 2. The molecule has 0 saturated carbocycles. The third kappa shape index (κ3) is 2.99. The van der Waals surface area contributed by atoms with Crippen LogP contribution in [0.15, 0.2) is 53.1 Å². The fourth-order valence-electron chi connectivity index (χ4n) is 3.33. The summed E-state index contributed by atoms with van der Waals surface area (Å²) >= 11 is 0. The van der Waals surface area contributed by atoms with Gasteiger partial charge in [-0.3, -0.25) is 0 Å². The van der Waals surface area contributed by atoms with Crippen molar-refractivity contribution >= 4 is 11.1 Å². The van der Waals surface area contributed by atoms with E-state index in [9.17, 15) is 13.2 Å². The fraction of sp³-hybridized carbons (Fsp3) is 0.143. The van der Waals surface area contributed by atoms with Crippen LogP contribution < -0.4 is 14.2 Å². The normalized spacial score (nSPS) is 13.1. The Labute approximate surface area is 167 Å². The van der Waals surface area contributed by atoms with Gasteiger partial charge in [-0.05, 0) is 48.5 Å². The second kappa shape index (κ2) is 6.65. The first-order valence-electron chi connectivity index (χ1n) is 8.86. The number of pyridine rings is 1. The highest BCUT2D eigenvalue weighted by Crippen LogP contribution is 2.43. The summed E-state index contributed by atoms with van der Waals surface area (Å²) in [7, 11) is 1.51. The highest BCUT2D eigenvalue weighted by molar-refractivity contribution is 5.94. The summed E-state index contributed by atoms with van der Waals surface area (Å²) in [6.45, 7) is 0.0545. The number of aromatic nitrogens is 2. The average molecular weight is 414 g/mol. The van der Waals surface area contributed by atoms with E-state index < -0.39 is 11.7 Å². The number of halogens is 3. The molecule has 5 rings (SSSR count). The number of fused-ring (bicyclic) bond motifs is 2. The molecule has 9 heteroatoms. The quantitative estimate of drug-likeness (QED) is 0.453. The molecule has 6 nitrogen and oxygen atoms in total. The van der Waals surface area contributed by atoms with Gasteiger partial charge in [0.15, 0.2) is 11.5 Å². The zero-order chi connectivity index (χ0) is 20.9. The molecule has 4 aromatic rings. The average Bonchev–Trinajstić information content (AvgIpc) is 3.38. The van der Waals surface area contributed by atoms with Crippen molar-refractivity contribution in [2.24, 2.45) is 0 Å². The highest BCUT2D eigenvalue weighted by Gasteiger charge is 2.36. The summed E-state index contributed by atoms with van der Waals surface area (Å²) in [6.07, 6.45) is -4.64. The van der Waals surface area contributed by atoms with E-state index in [0.717, 1.165) is 6.07 Å². The Morgan fingerprint density at radius 1 is 0.933 bits per heavy atom. The van der Waals surface area contributed by atoms with Gasteiger partial charge in [0.1, 0.15) is 11.4 Å². The largest absolute Gasteiger partial charge is 0.497 e.